The molecule has 1 nitrogen and oxygen atoms in total. The Kier molecular flexibility index (Phi) is 3.66. The van der Waals surface area contributed by atoms with Gasteiger partial charge in [0.05, 0.1) is 0 Å². The summed E-state index contributed by atoms with van der Waals surface area (Å²) in [7, 11) is 0. The van der Waals surface area contributed by atoms with E-state index in [1.807, 2.05) is 12.1 Å². The SMILES string of the molecule is CCC1(C(=O)Cc2ccccc2C)CCCC1. The molecule has 1 saturated carbocycles. The minimum Gasteiger partial charge on any atom is -0.299 e. The first-order chi connectivity index (χ1) is 8.18. The van der Waals surface area contributed by atoms with Gasteiger partial charge in [0.25, 0.3) is 0 Å². The Morgan fingerprint density at radius 3 is 2.47 bits per heavy atom. The Hall–Kier alpha value is -1.11. The summed E-state index contributed by atoms with van der Waals surface area (Å²) in [5.41, 5.74) is 2.45. The Bertz CT molecular complexity index is 400. The maximum absolute atomic E-state index is 12.5. The Morgan fingerprint density at radius 1 is 1.24 bits per heavy atom. The zero-order valence-corrected chi connectivity index (χ0v) is 11.0. The van der Waals surface area contributed by atoms with Gasteiger partial charge in [0.2, 0.25) is 0 Å². The first-order valence-corrected chi connectivity index (χ1v) is 6.76. The summed E-state index contributed by atoms with van der Waals surface area (Å²) < 4.78 is 0. The highest BCUT2D eigenvalue weighted by Gasteiger charge is 2.38. The molecule has 1 fully saturated rings. The number of carbonyl (C=O) groups is 1. The van der Waals surface area contributed by atoms with Crippen molar-refractivity contribution in [2.24, 2.45) is 5.41 Å². The fourth-order valence-corrected chi connectivity index (χ4v) is 3.05. The van der Waals surface area contributed by atoms with E-state index in [0.29, 0.717) is 12.2 Å². The normalized spacial score (nSPS) is 18.2. The van der Waals surface area contributed by atoms with E-state index in [1.54, 1.807) is 0 Å². The number of hydrogen-bond acceptors (Lipinski definition) is 1. The molecule has 1 heteroatoms. The fraction of sp³-hybridized carbons (Fsp3) is 0.562. The molecule has 1 aromatic rings. The van der Waals surface area contributed by atoms with Gasteiger partial charge in [0.1, 0.15) is 5.78 Å². The molecular formula is C16H22O. The summed E-state index contributed by atoms with van der Waals surface area (Å²) in [6.45, 7) is 4.26. The van der Waals surface area contributed by atoms with Crippen LogP contribution in [0.2, 0.25) is 0 Å². The molecule has 0 N–H and O–H groups in total. The number of aryl methyl sites for hydroxylation is 1. The van der Waals surface area contributed by atoms with Crippen LogP contribution in [0.15, 0.2) is 24.3 Å². The van der Waals surface area contributed by atoms with Crippen LogP contribution in [0, 0.1) is 12.3 Å². The molecule has 0 saturated heterocycles. The van der Waals surface area contributed by atoms with Crippen molar-refractivity contribution in [3.05, 3.63) is 35.4 Å². The highest BCUT2D eigenvalue weighted by molar-refractivity contribution is 5.87. The van der Waals surface area contributed by atoms with Crippen molar-refractivity contribution in [3.63, 3.8) is 0 Å². The van der Waals surface area contributed by atoms with Crippen LogP contribution in [-0.4, -0.2) is 5.78 Å². The summed E-state index contributed by atoms with van der Waals surface area (Å²) in [5.74, 6) is 0.465. The lowest BCUT2D eigenvalue weighted by molar-refractivity contribution is -0.128. The summed E-state index contributed by atoms with van der Waals surface area (Å²) in [6.07, 6.45) is 6.31. The van der Waals surface area contributed by atoms with Crippen LogP contribution in [0.3, 0.4) is 0 Å². The van der Waals surface area contributed by atoms with Crippen molar-refractivity contribution in [1.82, 2.24) is 0 Å². The van der Waals surface area contributed by atoms with Gasteiger partial charge in [-0.1, -0.05) is 44.0 Å². The molecule has 0 bridgehead atoms. The van der Waals surface area contributed by atoms with Crippen molar-refractivity contribution in [3.8, 4) is 0 Å². The first-order valence-electron chi connectivity index (χ1n) is 6.76. The standard InChI is InChI=1S/C16H22O/c1-3-16(10-6-7-11-16)15(17)12-14-9-5-4-8-13(14)2/h4-5,8-9H,3,6-7,10-12H2,1-2H3. The predicted octanol–water partition coefficient (Wildman–Crippen LogP) is 4.08. The van der Waals surface area contributed by atoms with E-state index in [2.05, 4.69) is 26.0 Å². The summed E-state index contributed by atoms with van der Waals surface area (Å²) in [5, 5.41) is 0. The van der Waals surface area contributed by atoms with E-state index in [1.165, 1.54) is 24.0 Å². The van der Waals surface area contributed by atoms with E-state index >= 15 is 0 Å². The second kappa shape index (κ2) is 5.03. The highest BCUT2D eigenvalue weighted by atomic mass is 16.1. The number of hydrogen-bond donors (Lipinski definition) is 0. The fourth-order valence-electron chi connectivity index (χ4n) is 3.05. The van der Waals surface area contributed by atoms with E-state index < -0.39 is 0 Å². The van der Waals surface area contributed by atoms with E-state index in [0.717, 1.165) is 19.3 Å². The Balaban J connectivity index is 2.14. The smallest absolute Gasteiger partial charge is 0.143 e. The molecule has 0 unspecified atom stereocenters. The summed E-state index contributed by atoms with van der Waals surface area (Å²) in [4.78, 5) is 12.5. The Labute approximate surface area is 104 Å². The molecule has 0 aromatic heterocycles. The second-order valence-corrected chi connectivity index (χ2v) is 5.37. The van der Waals surface area contributed by atoms with Crippen LogP contribution >= 0.6 is 0 Å². The van der Waals surface area contributed by atoms with Crippen LogP contribution in [0.25, 0.3) is 0 Å². The van der Waals surface area contributed by atoms with Gasteiger partial charge >= 0.3 is 0 Å². The summed E-state index contributed by atoms with van der Waals surface area (Å²) in [6, 6.07) is 8.25. The highest BCUT2D eigenvalue weighted by Crippen LogP contribution is 2.42. The molecule has 92 valence electrons. The molecule has 0 radical (unpaired) electrons. The minimum absolute atomic E-state index is 0.00226. The van der Waals surface area contributed by atoms with E-state index in [9.17, 15) is 4.79 Å². The first kappa shape index (κ1) is 12.3. The average molecular weight is 230 g/mol. The van der Waals surface area contributed by atoms with Gasteiger partial charge in [0, 0.05) is 11.8 Å². The number of rotatable bonds is 4. The lowest BCUT2D eigenvalue weighted by Gasteiger charge is -2.26. The molecule has 0 spiro atoms. The molecule has 0 amide bonds. The van der Waals surface area contributed by atoms with Gasteiger partial charge in [0.15, 0.2) is 0 Å². The maximum Gasteiger partial charge on any atom is 0.143 e. The minimum atomic E-state index is 0.00226. The molecule has 2 rings (SSSR count). The molecule has 1 aliphatic carbocycles. The third kappa shape index (κ3) is 2.43. The van der Waals surface area contributed by atoms with Gasteiger partial charge in [-0.25, -0.2) is 0 Å². The van der Waals surface area contributed by atoms with Crippen LogP contribution in [0.1, 0.15) is 50.2 Å². The van der Waals surface area contributed by atoms with Crippen LogP contribution in [0.5, 0.6) is 0 Å². The monoisotopic (exact) mass is 230 g/mol. The predicted molar refractivity (Wildman–Crippen MR) is 71.1 cm³/mol. The number of carbonyl (C=O) groups excluding carboxylic acids is 1. The maximum atomic E-state index is 12.5. The van der Waals surface area contributed by atoms with Crippen LogP contribution in [0.4, 0.5) is 0 Å². The molecule has 0 aliphatic heterocycles. The third-order valence-electron chi connectivity index (χ3n) is 4.44. The average Bonchev–Trinajstić information content (AvgIpc) is 2.82. The Morgan fingerprint density at radius 2 is 1.88 bits per heavy atom. The zero-order chi connectivity index (χ0) is 12.3. The number of ketones is 1. The number of benzene rings is 1. The zero-order valence-electron chi connectivity index (χ0n) is 11.0. The van der Waals surface area contributed by atoms with E-state index in [-0.39, 0.29) is 5.41 Å². The van der Waals surface area contributed by atoms with Crippen LogP contribution < -0.4 is 0 Å². The van der Waals surface area contributed by atoms with Gasteiger partial charge in [-0.2, -0.15) is 0 Å². The molecule has 1 aliphatic rings. The van der Waals surface area contributed by atoms with Gasteiger partial charge in [-0.05, 0) is 37.3 Å². The molecule has 17 heavy (non-hydrogen) atoms. The largest absolute Gasteiger partial charge is 0.299 e. The van der Waals surface area contributed by atoms with Crippen molar-refractivity contribution in [1.29, 1.82) is 0 Å². The lowest BCUT2D eigenvalue weighted by atomic mass is 9.77. The van der Waals surface area contributed by atoms with Crippen molar-refractivity contribution in [2.45, 2.75) is 52.4 Å². The number of Topliss-reactive ketones (excluding diaryl/α,β-unsaturated/α-hetero) is 1. The topological polar surface area (TPSA) is 17.1 Å². The van der Waals surface area contributed by atoms with Gasteiger partial charge in [-0.15, -0.1) is 0 Å². The molecule has 0 heterocycles. The lowest BCUT2D eigenvalue weighted by Crippen LogP contribution is -2.29. The quantitative estimate of drug-likeness (QED) is 0.761. The van der Waals surface area contributed by atoms with Gasteiger partial charge < -0.3 is 0 Å². The molecular weight excluding hydrogens is 208 g/mol. The molecule has 1 aromatic carbocycles. The van der Waals surface area contributed by atoms with Gasteiger partial charge in [-0.3, -0.25) is 4.79 Å². The summed E-state index contributed by atoms with van der Waals surface area (Å²) >= 11 is 0. The third-order valence-corrected chi connectivity index (χ3v) is 4.44. The van der Waals surface area contributed by atoms with Crippen molar-refractivity contribution < 1.29 is 4.79 Å². The van der Waals surface area contributed by atoms with Crippen LogP contribution in [-0.2, 0) is 11.2 Å². The molecule has 0 atom stereocenters. The van der Waals surface area contributed by atoms with Crippen molar-refractivity contribution >= 4 is 5.78 Å². The van der Waals surface area contributed by atoms with E-state index in [4.69, 9.17) is 0 Å². The van der Waals surface area contributed by atoms with Crippen molar-refractivity contribution in [2.75, 3.05) is 0 Å². The second-order valence-electron chi connectivity index (χ2n) is 5.37.